The first-order valence-corrected chi connectivity index (χ1v) is 10.5. The first-order valence-electron chi connectivity index (χ1n) is 10.5. The number of anilines is 4. The van der Waals surface area contributed by atoms with E-state index in [-0.39, 0.29) is 5.88 Å². The summed E-state index contributed by atoms with van der Waals surface area (Å²) in [7, 11) is 1.67. The molecular weight excluding hydrogens is 420 g/mol. The van der Waals surface area contributed by atoms with Gasteiger partial charge in [0.1, 0.15) is 5.75 Å². The Bertz CT molecular complexity index is 1320. The molecule has 5 rings (SSSR count). The third kappa shape index (κ3) is 4.47. The predicted molar refractivity (Wildman–Crippen MR) is 125 cm³/mol. The summed E-state index contributed by atoms with van der Waals surface area (Å²) in [5.74, 6) is 1.65. The molecule has 2 aromatic carbocycles. The topological polar surface area (TPSA) is 114 Å². The summed E-state index contributed by atoms with van der Waals surface area (Å²) in [4.78, 5) is 21.3. The minimum atomic E-state index is -0.417. The van der Waals surface area contributed by atoms with E-state index in [1.54, 1.807) is 32.2 Å². The number of nitrogens with zero attached hydrogens (tertiary/aromatic N) is 3. The zero-order chi connectivity index (χ0) is 22.8. The van der Waals surface area contributed by atoms with E-state index < -0.39 is 6.03 Å². The van der Waals surface area contributed by atoms with Gasteiger partial charge in [0.25, 0.3) is 0 Å². The second-order valence-corrected chi connectivity index (χ2v) is 7.70. The third-order valence-corrected chi connectivity index (χ3v) is 5.36. The highest BCUT2D eigenvalue weighted by Gasteiger charge is 2.19. The number of fused-ring (bicyclic) bond motifs is 3. The van der Waals surface area contributed by atoms with Crippen LogP contribution in [0, 0.1) is 6.92 Å². The average Bonchev–Trinajstić information content (AvgIpc) is 3.24. The van der Waals surface area contributed by atoms with Crippen LogP contribution in [-0.2, 0) is 12.8 Å². The quantitative estimate of drug-likeness (QED) is 0.401. The molecule has 0 saturated carbocycles. The molecule has 2 aromatic heterocycles. The second kappa shape index (κ2) is 8.62. The molecule has 0 bridgehead atoms. The molecule has 0 atom stereocenters. The lowest BCUT2D eigenvalue weighted by molar-refractivity contribution is 0.261. The van der Waals surface area contributed by atoms with E-state index in [1.165, 1.54) is 5.56 Å². The van der Waals surface area contributed by atoms with Crippen LogP contribution < -0.4 is 20.7 Å². The lowest BCUT2D eigenvalue weighted by Gasteiger charge is -2.20. The molecule has 9 nitrogen and oxygen atoms in total. The Balaban J connectivity index is 1.27. The van der Waals surface area contributed by atoms with Gasteiger partial charge < -0.3 is 19.9 Å². The highest BCUT2D eigenvalue weighted by atomic mass is 16.5. The highest BCUT2D eigenvalue weighted by Crippen LogP contribution is 2.34. The van der Waals surface area contributed by atoms with Gasteiger partial charge in [-0.15, -0.1) is 0 Å². The Morgan fingerprint density at radius 3 is 2.55 bits per heavy atom. The van der Waals surface area contributed by atoms with Crippen molar-refractivity contribution < 1.29 is 14.1 Å². The molecule has 2 amide bonds. The minimum absolute atomic E-state index is 0.285. The lowest BCUT2D eigenvalue weighted by atomic mass is 9.90. The number of aromatic nitrogens is 3. The van der Waals surface area contributed by atoms with E-state index >= 15 is 0 Å². The van der Waals surface area contributed by atoms with Crippen molar-refractivity contribution in [2.75, 3.05) is 23.1 Å². The second-order valence-electron chi connectivity index (χ2n) is 7.70. The van der Waals surface area contributed by atoms with Gasteiger partial charge in [-0.2, -0.15) is 0 Å². The van der Waals surface area contributed by atoms with Crippen LogP contribution in [0.3, 0.4) is 0 Å². The van der Waals surface area contributed by atoms with Crippen LogP contribution in [0.25, 0.3) is 11.3 Å². The van der Waals surface area contributed by atoms with E-state index in [4.69, 9.17) is 14.2 Å². The summed E-state index contributed by atoms with van der Waals surface area (Å²) in [6.07, 6.45) is 3.71. The molecule has 0 saturated heterocycles. The Hall–Kier alpha value is -4.40. The number of rotatable bonds is 5. The van der Waals surface area contributed by atoms with Gasteiger partial charge in [0.15, 0.2) is 0 Å². The van der Waals surface area contributed by atoms with E-state index in [9.17, 15) is 4.79 Å². The molecule has 9 heteroatoms. The summed E-state index contributed by atoms with van der Waals surface area (Å²) >= 11 is 0. The number of ether oxygens (including phenoxy) is 1. The SMILES string of the molecule is COc1ccc2c(c1)CCc1cnc(Nc3ccc(NC(=O)Nc4cc(C)no4)cc3)nc1-2. The zero-order valence-electron chi connectivity index (χ0n) is 18.2. The number of carbonyl (C=O) groups is 1. The largest absolute Gasteiger partial charge is 0.497 e. The Labute approximate surface area is 190 Å². The van der Waals surface area contributed by atoms with Crippen LogP contribution in [0.15, 0.2) is 59.3 Å². The maximum absolute atomic E-state index is 12.1. The van der Waals surface area contributed by atoms with Crippen LogP contribution in [-0.4, -0.2) is 28.3 Å². The average molecular weight is 442 g/mol. The lowest BCUT2D eigenvalue weighted by Crippen LogP contribution is -2.18. The van der Waals surface area contributed by atoms with Gasteiger partial charge in [0, 0.05) is 29.2 Å². The van der Waals surface area contributed by atoms with Crippen LogP contribution in [0.4, 0.5) is 28.0 Å². The summed E-state index contributed by atoms with van der Waals surface area (Å²) in [6.45, 7) is 1.78. The number of aryl methyl sites for hydroxylation is 3. The first kappa shape index (κ1) is 20.5. The van der Waals surface area contributed by atoms with Crippen LogP contribution in [0.2, 0.25) is 0 Å². The van der Waals surface area contributed by atoms with E-state index in [2.05, 4.69) is 38.2 Å². The maximum atomic E-state index is 12.1. The van der Waals surface area contributed by atoms with Crippen molar-refractivity contribution in [2.24, 2.45) is 0 Å². The molecule has 0 radical (unpaired) electrons. The molecule has 0 fully saturated rings. The highest BCUT2D eigenvalue weighted by molar-refractivity contribution is 5.99. The van der Waals surface area contributed by atoms with Crippen molar-refractivity contribution in [3.05, 3.63) is 71.5 Å². The molecule has 0 aliphatic heterocycles. The molecule has 1 aliphatic carbocycles. The summed E-state index contributed by atoms with van der Waals surface area (Å²) < 4.78 is 10.3. The molecule has 33 heavy (non-hydrogen) atoms. The van der Waals surface area contributed by atoms with Gasteiger partial charge >= 0.3 is 6.03 Å². The molecule has 166 valence electrons. The Kier molecular flexibility index (Phi) is 5.35. The molecule has 0 spiro atoms. The fourth-order valence-corrected chi connectivity index (χ4v) is 3.75. The summed E-state index contributed by atoms with van der Waals surface area (Å²) in [5.41, 5.74) is 6.52. The van der Waals surface area contributed by atoms with Crippen molar-refractivity contribution in [2.45, 2.75) is 19.8 Å². The first-order chi connectivity index (χ1) is 16.1. The van der Waals surface area contributed by atoms with Gasteiger partial charge in [0.05, 0.1) is 18.5 Å². The van der Waals surface area contributed by atoms with Crippen molar-refractivity contribution in [1.29, 1.82) is 0 Å². The standard InChI is InChI=1S/C24H22N6O3/c1-14-11-21(33-30-14)28-24(31)27-18-7-5-17(6-8-18)26-23-25-13-16-4-3-15-12-19(32-2)9-10-20(15)22(16)29-23/h5-13H,3-4H2,1-2H3,(H,25,26,29)(H2,27,28,31). The number of carbonyl (C=O) groups excluding carboxylic acids is 1. The van der Waals surface area contributed by atoms with E-state index in [0.29, 0.717) is 17.3 Å². The van der Waals surface area contributed by atoms with Crippen molar-refractivity contribution in [3.63, 3.8) is 0 Å². The molecule has 1 aliphatic rings. The van der Waals surface area contributed by atoms with Crippen LogP contribution in [0.5, 0.6) is 5.75 Å². The third-order valence-electron chi connectivity index (χ3n) is 5.36. The maximum Gasteiger partial charge on any atom is 0.326 e. The molecule has 4 aromatic rings. The monoisotopic (exact) mass is 442 g/mol. The number of urea groups is 1. The Morgan fingerprint density at radius 2 is 1.79 bits per heavy atom. The molecule has 0 unspecified atom stereocenters. The molecular formula is C24H22N6O3. The number of nitrogens with one attached hydrogen (secondary N) is 3. The van der Waals surface area contributed by atoms with E-state index in [1.807, 2.05) is 24.4 Å². The minimum Gasteiger partial charge on any atom is -0.497 e. The number of hydrogen-bond donors (Lipinski definition) is 3. The summed E-state index contributed by atoms with van der Waals surface area (Å²) in [6, 6.07) is 14.6. The van der Waals surface area contributed by atoms with Crippen molar-refractivity contribution >= 4 is 29.2 Å². The number of methoxy groups -OCH3 is 1. The van der Waals surface area contributed by atoms with E-state index in [0.717, 1.165) is 41.1 Å². The summed E-state index contributed by atoms with van der Waals surface area (Å²) in [5, 5.41) is 12.3. The van der Waals surface area contributed by atoms with Crippen molar-refractivity contribution in [1.82, 2.24) is 15.1 Å². The smallest absolute Gasteiger partial charge is 0.326 e. The van der Waals surface area contributed by atoms with Gasteiger partial charge in [-0.05, 0) is 73.4 Å². The van der Waals surface area contributed by atoms with Gasteiger partial charge in [-0.25, -0.2) is 14.8 Å². The van der Waals surface area contributed by atoms with Crippen LogP contribution in [0.1, 0.15) is 16.8 Å². The fraction of sp³-hybridized carbons (Fsp3) is 0.167. The van der Waals surface area contributed by atoms with Crippen LogP contribution >= 0.6 is 0 Å². The number of benzene rings is 2. The van der Waals surface area contributed by atoms with Gasteiger partial charge in [0.2, 0.25) is 11.8 Å². The normalized spacial score (nSPS) is 11.8. The fourth-order valence-electron chi connectivity index (χ4n) is 3.75. The predicted octanol–water partition coefficient (Wildman–Crippen LogP) is 4.93. The number of hydrogen-bond acceptors (Lipinski definition) is 7. The number of amides is 2. The van der Waals surface area contributed by atoms with Crippen molar-refractivity contribution in [3.8, 4) is 17.0 Å². The van der Waals surface area contributed by atoms with Gasteiger partial charge in [-0.1, -0.05) is 5.16 Å². The molecule has 3 N–H and O–H groups in total. The Morgan fingerprint density at radius 1 is 1.00 bits per heavy atom. The zero-order valence-corrected chi connectivity index (χ0v) is 18.2. The van der Waals surface area contributed by atoms with Gasteiger partial charge in [-0.3, -0.25) is 5.32 Å². The molecule has 2 heterocycles.